The Hall–Kier alpha value is -7.08. The van der Waals surface area contributed by atoms with Crippen molar-refractivity contribution in [2.24, 2.45) is 0 Å². The van der Waals surface area contributed by atoms with Crippen molar-refractivity contribution < 1.29 is 38.1 Å². The van der Waals surface area contributed by atoms with Crippen molar-refractivity contribution in [1.82, 2.24) is 19.9 Å². The van der Waals surface area contributed by atoms with Crippen LogP contribution in [0.5, 0.6) is 23.0 Å². The van der Waals surface area contributed by atoms with Crippen molar-refractivity contribution in [3.63, 3.8) is 0 Å². The van der Waals surface area contributed by atoms with Gasteiger partial charge in [-0.05, 0) is 48.5 Å². The molecule has 0 unspecified atom stereocenters. The van der Waals surface area contributed by atoms with Crippen LogP contribution in [0.15, 0.2) is 72.9 Å². The molecule has 0 bridgehead atoms. The highest BCUT2D eigenvalue weighted by Crippen LogP contribution is 2.49. The molecule has 0 spiro atoms. The molecule has 0 saturated heterocycles. The van der Waals surface area contributed by atoms with Crippen LogP contribution in [0.4, 0.5) is 0 Å². The predicted molar refractivity (Wildman–Crippen MR) is 197 cm³/mol. The lowest BCUT2D eigenvalue weighted by Crippen LogP contribution is -2.03. The van der Waals surface area contributed by atoms with Crippen molar-refractivity contribution in [1.29, 1.82) is 0 Å². The van der Waals surface area contributed by atoms with E-state index in [4.69, 9.17) is 18.9 Å². The molecule has 0 aliphatic rings. The summed E-state index contributed by atoms with van der Waals surface area (Å²) in [5.74, 6) is -0.180. The Morgan fingerprint density at radius 1 is 0.462 bits per heavy atom. The summed E-state index contributed by atoms with van der Waals surface area (Å²) in [6.07, 6.45) is 1.83. The van der Waals surface area contributed by atoms with Gasteiger partial charge >= 0.3 is 23.9 Å². The number of nitrogens with one attached hydrogen (secondary N) is 4. The number of hydrogen-bond acceptors (Lipinski definition) is 8. The summed E-state index contributed by atoms with van der Waals surface area (Å²) in [5.41, 5.74) is 6.80. The normalized spacial score (nSPS) is 11.8. The van der Waals surface area contributed by atoms with Crippen molar-refractivity contribution in [2.45, 2.75) is 27.7 Å². The van der Waals surface area contributed by atoms with Gasteiger partial charge in [-0.15, -0.1) is 0 Å². The molecule has 256 valence electrons. The number of ether oxygens (including phenoxy) is 4. The molecule has 0 atom stereocenters. The van der Waals surface area contributed by atoms with Gasteiger partial charge < -0.3 is 38.9 Å². The number of aromatic amines is 4. The SMILES string of the molecule is CC(=O)Oc1ccc2c(-c3c(OC(C)=O)ccc4c3[nH]c3c5[nH]c6cc(OC(C)=O)ccc6c5c5c6ccc(OC(C)=O)cc6[nH]c5c43)c[nH]c2c1. The molecule has 0 aliphatic heterocycles. The van der Waals surface area contributed by atoms with Gasteiger partial charge in [0.25, 0.3) is 0 Å². The Bertz CT molecular complexity index is 3050. The molecule has 4 N–H and O–H groups in total. The number of fused-ring (bicyclic) bond motifs is 13. The molecular weight excluding hydrogens is 664 g/mol. The lowest BCUT2D eigenvalue weighted by Gasteiger charge is -2.10. The van der Waals surface area contributed by atoms with Crippen LogP contribution in [0, 0.1) is 0 Å². The smallest absolute Gasteiger partial charge is 0.308 e. The van der Waals surface area contributed by atoms with E-state index in [9.17, 15) is 19.2 Å². The summed E-state index contributed by atoms with van der Waals surface area (Å²) in [7, 11) is 0. The second-order valence-corrected chi connectivity index (χ2v) is 12.7. The van der Waals surface area contributed by atoms with E-state index >= 15 is 0 Å². The van der Waals surface area contributed by atoms with Gasteiger partial charge in [0, 0.05) is 101 Å². The monoisotopic (exact) mass is 692 g/mol. The summed E-state index contributed by atoms with van der Waals surface area (Å²) < 4.78 is 22.0. The highest BCUT2D eigenvalue weighted by atomic mass is 16.5. The minimum atomic E-state index is -0.475. The van der Waals surface area contributed by atoms with Crippen LogP contribution in [-0.4, -0.2) is 43.8 Å². The van der Waals surface area contributed by atoms with Crippen molar-refractivity contribution in [2.75, 3.05) is 0 Å². The van der Waals surface area contributed by atoms with Gasteiger partial charge in [-0.2, -0.15) is 0 Å². The number of carbonyl (C=O) groups is 4. The third-order valence-electron chi connectivity index (χ3n) is 9.19. The lowest BCUT2D eigenvalue weighted by molar-refractivity contribution is -0.132. The highest BCUT2D eigenvalue weighted by Gasteiger charge is 2.25. The third-order valence-corrected chi connectivity index (χ3v) is 9.19. The van der Waals surface area contributed by atoms with Crippen molar-refractivity contribution >= 4 is 100 Å². The van der Waals surface area contributed by atoms with Gasteiger partial charge in [-0.25, -0.2) is 0 Å². The summed E-state index contributed by atoms with van der Waals surface area (Å²) in [6, 6.07) is 20.0. The Kier molecular flexibility index (Phi) is 6.68. The molecule has 9 aromatic rings. The zero-order chi connectivity index (χ0) is 36.0. The van der Waals surface area contributed by atoms with Crippen LogP contribution in [0.1, 0.15) is 27.7 Å². The summed E-state index contributed by atoms with van der Waals surface area (Å²) in [6.45, 7) is 5.42. The number of rotatable bonds is 5. The molecule has 4 aromatic heterocycles. The predicted octanol–water partition coefficient (Wildman–Crippen LogP) is 8.44. The zero-order valence-electron chi connectivity index (χ0n) is 28.2. The highest BCUT2D eigenvalue weighted by molar-refractivity contribution is 6.39. The number of aromatic nitrogens is 4. The molecule has 12 heteroatoms. The maximum atomic E-state index is 12.4. The van der Waals surface area contributed by atoms with Gasteiger partial charge in [-0.1, -0.05) is 0 Å². The largest absolute Gasteiger partial charge is 0.427 e. The molecule has 0 saturated carbocycles. The minimum Gasteiger partial charge on any atom is -0.427 e. The molecule has 0 amide bonds. The maximum absolute atomic E-state index is 12.4. The molecular formula is C40H28N4O8. The molecule has 12 nitrogen and oxygen atoms in total. The van der Waals surface area contributed by atoms with E-state index in [0.717, 1.165) is 76.4 Å². The molecule has 5 aromatic carbocycles. The molecule has 0 aliphatic carbocycles. The van der Waals surface area contributed by atoms with E-state index in [1.807, 2.05) is 30.5 Å². The molecule has 4 heterocycles. The molecule has 52 heavy (non-hydrogen) atoms. The second-order valence-electron chi connectivity index (χ2n) is 12.7. The number of esters is 4. The van der Waals surface area contributed by atoms with E-state index in [-0.39, 0.29) is 0 Å². The number of H-pyrrole nitrogens is 4. The van der Waals surface area contributed by atoms with Crippen LogP contribution >= 0.6 is 0 Å². The Balaban J connectivity index is 1.42. The fraction of sp³-hybridized carbons (Fsp3) is 0.100. The standard InChI is InChI=1S/C40H28N4O8/c1-17(45)49-21-5-8-24-28(16-41-29(24)13-21)33-32(52-20(4)48)12-11-27-36-38-34(25-9-6-22(50-18(2)46)14-30(25)42-38)35-26-10-7-23(51-19(3)47)15-31(26)43-39(35)40(36)44-37(27)33/h5-16,41-44H,1-4H3. The molecule has 0 fully saturated rings. The van der Waals surface area contributed by atoms with Crippen LogP contribution in [-0.2, 0) is 19.2 Å². The van der Waals surface area contributed by atoms with E-state index in [1.165, 1.54) is 27.7 Å². The van der Waals surface area contributed by atoms with Gasteiger partial charge in [-0.3, -0.25) is 19.2 Å². The lowest BCUT2D eigenvalue weighted by atomic mass is 9.98. The van der Waals surface area contributed by atoms with Gasteiger partial charge in [0.15, 0.2) is 0 Å². The van der Waals surface area contributed by atoms with Crippen LogP contribution in [0.2, 0.25) is 0 Å². The van der Waals surface area contributed by atoms with E-state index in [0.29, 0.717) is 34.1 Å². The zero-order valence-corrected chi connectivity index (χ0v) is 28.2. The molecule has 0 radical (unpaired) electrons. The Morgan fingerprint density at radius 3 is 1.52 bits per heavy atom. The summed E-state index contributed by atoms with van der Waals surface area (Å²) in [5, 5.41) is 6.23. The summed E-state index contributed by atoms with van der Waals surface area (Å²) >= 11 is 0. The first-order chi connectivity index (χ1) is 25.0. The van der Waals surface area contributed by atoms with Gasteiger partial charge in [0.2, 0.25) is 0 Å². The van der Waals surface area contributed by atoms with E-state index in [1.54, 1.807) is 42.5 Å². The second kappa shape index (κ2) is 11.2. The Morgan fingerprint density at radius 2 is 0.942 bits per heavy atom. The minimum absolute atomic E-state index is 0.356. The summed E-state index contributed by atoms with van der Waals surface area (Å²) in [4.78, 5) is 61.9. The third kappa shape index (κ3) is 4.76. The number of benzene rings is 5. The van der Waals surface area contributed by atoms with Gasteiger partial charge in [0.05, 0.1) is 38.7 Å². The fourth-order valence-electron chi connectivity index (χ4n) is 7.45. The number of hydrogen-bond donors (Lipinski definition) is 4. The average Bonchev–Trinajstić information content (AvgIpc) is 3.84. The average molecular weight is 693 g/mol. The van der Waals surface area contributed by atoms with Crippen LogP contribution < -0.4 is 18.9 Å². The number of carbonyl (C=O) groups excluding carboxylic acids is 4. The van der Waals surface area contributed by atoms with E-state index in [2.05, 4.69) is 19.9 Å². The molecule has 9 rings (SSSR count). The van der Waals surface area contributed by atoms with Gasteiger partial charge in [0.1, 0.15) is 23.0 Å². The van der Waals surface area contributed by atoms with Crippen LogP contribution in [0.3, 0.4) is 0 Å². The fourth-order valence-corrected chi connectivity index (χ4v) is 7.45. The van der Waals surface area contributed by atoms with Crippen molar-refractivity contribution in [3.05, 3.63) is 72.9 Å². The maximum Gasteiger partial charge on any atom is 0.308 e. The quantitative estimate of drug-likeness (QED) is 0.103. The van der Waals surface area contributed by atoms with Crippen LogP contribution in [0.25, 0.3) is 87.4 Å². The first-order valence-corrected chi connectivity index (χ1v) is 16.4. The Labute approximate surface area is 292 Å². The topological polar surface area (TPSA) is 168 Å². The van der Waals surface area contributed by atoms with Crippen molar-refractivity contribution in [3.8, 4) is 34.1 Å². The first-order valence-electron chi connectivity index (χ1n) is 16.4. The first kappa shape index (κ1) is 30.9. The van der Waals surface area contributed by atoms with E-state index < -0.39 is 23.9 Å².